The monoisotopic (exact) mass is 443 g/mol. The Hall–Kier alpha value is -3.40. The third kappa shape index (κ3) is 5.08. The second-order valence-electron chi connectivity index (χ2n) is 8.26. The Labute approximate surface area is 185 Å². The summed E-state index contributed by atoms with van der Waals surface area (Å²) in [7, 11) is 0. The first-order valence-electron chi connectivity index (χ1n) is 10.6. The van der Waals surface area contributed by atoms with Gasteiger partial charge in [-0.05, 0) is 37.5 Å². The van der Waals surface area contributed by atoms with Crippen molar-refractivity contribution < 1.29 is 19.5 Å². The van der Waals surface area contributed by atoms with Crippen LogP contribution in [0.15, 0.2) is 41.3 Å². The maximum absolute atomic E-state index is 12.6. The Balaban J connectivity index is 0.000000668. The Morgan fingerprint density at radius 2 is 1.97 bits per heavy atom. The number of piperidine rings is 1. The molecule has 32 heavy (non-hydrogen) atoms. The highest BCUT2D eigenvalue weighted by molar-refractivity contribution is 5.92. The fourth-order valence-corrected chi connectivity index (χ4v) is 4.54. The molecule has 5 N–H and O–H groups in total. The smallest absolute Gasteiger partial charge is 0.300 e. The molecule has 0 unspecified atom stereocenters. The standard InChI is InChI=1S/C20H25N5O3.C2H4O2/c1-12(21)20(28)24-10-13-8-14(11-24)17(25-16(13)5-2-6-18(25)26)9-23-19(27)15-4-3-7-22-15;1-2(3)4/h2-7,12-14,17,22H,8-11,21H2,1H3,(H,23,27);1H3,(H,3,4)/t12-,13-,14+,17+;/m1./s1. The van der Waals surface area contributed by atoms with Crippen LogP contribution < -0.4 is 16.6 Å². The van der Waals surface area contributed by atoms with E-state index in [9.17, 15) is 14.4 Å². The molecular formula is C22H29N5O5. The first-order valence-corrected chi connectivity index (χ1v) is 10.6. The van der Waals surface area contributed by atoms with E-state index in [-0.39, 0.29) is 35.3 Å². The molecule has 4 rings (SSSR count). The van der Waals surface area contributed by atoms with E-state index in [2.05, 4.69) is 10.3 Å². The van der Waals surface area contributed by atoms with Crippen LogP contribution in [0.4, 0.5) is 0 Å². The van der Waals surface area contributed by atoms with Gasteiger partial charge in [-0.15, -0.1) is 0 Å². The van der Waals surface area contributed by atoms with Crippen LogP contribution in [0.1, 0.15) is 48.4 Å². The summed E-state index contributed by atoms with van der Waals surface area (Å²) < 4.78 is 1.81. The second kappa shape index (κ2) is 9.82. The number of carboxylic acid groups (broad SMARTS) is 1. The van der Waals surface area contributed by atoms with Gasteiger partial charge in [0.2, 0.25) is 5.91 Å². The molecule has 2 amide bonds. The molecule has 0 aliphatic carbocycles. The Kier molecular flexibility index (Phi) is 7.14. The van der Waals surface area contributed by atoms with Crippen LogP contribution in [0.2, 0.25) is 0 Å². The molecule has 2 aromatic heterocycles. The molecule has 2 aliphatic rings. The average molecular weight is 444 g/mol. The lowest BCUT2D eigenvalue weighted by Gasteiger charge is -2.47. The molecule has 1 fully saturated rings. The molecule has 10 nitrogen and oxygen atoms in total. The topological polar surface area (TPSA) is 151 Å². The first kappa shape index (κ1) is 23.3. The summed E-state index contributed by atoms with van der Waals surface area (Å²) in [5.74, 6) is -0.934. The van der Waals surface area contributed by atoms with Crippen molar-refractivity contribution in [3.63, 3.8) is 0 Å². The highest BCUT2D eigenvalue weighted by atomic mass is 16.4. The van der Waals surface area contributed by atoms with E-state index in [1.54, 1.807) is 37.4 Å². The molecule has 4 atom stereocenters. The van der Waals surface area contributed by atoms with E-state index < -0.39 is 12.0 Å². The number of rotatable bonds is 4. The fraction of sp³-hybridized carbons (Fsp3) is 0.455. The maximum Gasteiger partial charge on any atom is 0.300 e. The minimum atomic E-state index is -0.833. The number of aromatic amines is 1. The Morgan fingerprint density at radius 3 is 2.59 bits per heavy atom. The number of carbonyl (C=O) groups excluding carboxylic acids is 2. The van der Waals surface area contributed by atoms with Gasteiger partial charge in [0.15, 0.2) is 0 Å². The molecule has 2 aromatic rings. The average Bonchev–Trinajstić information content (AvgIpc) is 3.28. The number of nitrogens with one attached hydrogen (secondary N) is 2. The number of hydrogen-bond donors (Lipinski definition) is 4. The summed E-state index contributed by atoms with van der Waals surface area (Å²) in [6.07, 6.45) is 2.58. The third-order valence-corrected chi connectivity index (χ3v) is 5.81. The number of aromatic nitrogens is 2. The summed E-state index contributed by atoms with van der Waals surface area (Å²) in [6, 6.07) is 7.96. The highest BCUT2D eigenvalue weighted by Crippen LogP contribution is 2.40. The third-order valence-electron chi connectivity index (χ3n) is 5.81. The van der Waals surface area contributed by atoms with Crippen molar-refractivity contribution in [2.45, 2.75) is 38.3 Å². The molecule has 0 aromatic carbocycles. The second-order valence-corrected chi connectivity index (χ2v) is 8.26. The van der Waals surface area contributed by atoms with E-state index >= 15 is 0 Å². The van der Waals surface area contributed by atoms with Gasteiger partial charge in [0.05, 0.1) is 12.1 Å². The number of amides is 2. The SMILES string of the molecule is CC(=O)O.C[C@@H](N)C(=O)N1C[C@H]2C[C@@H](C1)[C@H](CNC(=O)c1ccc[nH]1)n1c2cccc1=O. The lowest BCUT2D eigenvalue weighted by atomic mass is 9.78. The van der Waals surface area contributed by atoms with Crippen LogP contribution >= 0.6 is 0 Å². The van der Waals surface area contributed by atoms with Crippen molar-refractivity contribution in [1.82, 2.24) is 19.8 Å². The van der Waals surface area contributed by atoms with Gasteiger partial charge in [-0.25, -0.2) is 0 Å². The van der Waals surface area contributed by atoms with Crippen LogP contribution in [-0.4, -0.2) is 63.0 Å². The van der Waals surface area contributed by atoms with Gasteiger partial charge >= 0.3 is 0 Å². The van der Waals surface area contributed by atoms with Gasteiger partial charge in [-0.3, -0.25) is 19.2 Å². The molecule has 2 bridgehead atoms. The predicted octanol–water partition coefficient (Wildman–Crippen LogP) is 0.531. The van der Waals surface area contributed by atoms with E-state index in [0.29, 0.717) is 25.3 Å². The number of hydrogen-bond acceptors (Lipinski definition) is 5. The quantitative estimate of drug-likeness (QED) is 0.541. The minimum absolute atomic E-state index is 0.0710. The number of nitrogens with zero attached hydrogens (tertiary/aromatic N) is 2. The highest BCUT2D eigenvalue weighted by Gasteiger charge is 2.42. The molecule has 4 heterocycles. The van der Waals surface area contributed by atoms with Crippen molar-refractivity contribution in [3.05, 3.63) is 58.3 Å². The van der Waals surface area contributed by atoms with E-state index in [1.165, 1.54) is 0 Å². The number of aliphatic carboxylic acids is 1. The van der Waals surface area contributed by atoms with Crippen LogP contribution in [-0.2, 0) is 9.59 Å². The van der Waals surface area contributed by atoms with Crippen LogP contribution in [0.25, 0.3) is 0 Å². The van der Waals surface area contributed by atoms with Gasteiger partial charge in [0.1, 0.15) is 5.69 Å². The van der Waals surface area contributed by atoms with Gasteiger partial charge < -0.3 is 30.6 Å². The largest absolute Gasteiger partial charge is 0.481 e. The first-order chi connectivity index (χ1) is 15.2. The van der Waals surface area contributed by atoms with Crippen LogP contribution in [0, 0.1) is 5.92 Å². The molecule has 172 valence electrons. The molecule has 0 saturated carbocycles. The van der Waals surface area contributed by atoms with Gasteiger partial charge in [-0.2, -0.15) is 0 Å². The van der Waals surface area contributed by atoms with Crippen molar-refractivity contribution >= 4 is 17.8 Å². The number of pyridine rings is 1. The van der Waals surface area contributed by atoms with Gasteiger partial charge in [0.25, 0.3) is 17.4 Å². The number of carbonyl (C=O) groups is 3. The summed E-state index contributed by atoms with van der Waals surface area (Å²) in [6.45, 7) is 4.22. The van der Waals surface area contributed by atoms with Crippen LogP contribution in [0.5, 0.6) is 0 Å². The molecule has 0 radical (unpaired) electrons. The van der Waals surface area contributed by atoms with E-state index in [1.807, 2.05) is 15.5 Å². The van der Waals surface area contributed by atoms with Crippen molar-refractivity contribution in [2.75, 3.05) is 19.6 Å². The van der Waals surface area contributed by atoms with Crippen LogP contribution in [0.3, 0.4) is 0 Å². The fourth-order valence-electron chi connectivity index (χ4n) is 4.54. The van der Waals surface area contributed by atoms with E-state index in [4.69, 9.17) is 15.6 Å². The van der Waals surface area contributed by atoms with E-state index in [0.717, 1.165) is 19.0 Å². The summed E-state index contributed by atoms with van der Waals surface area (Å²) >= 11 is 0. The predicted molar refractivity (Wildman–Crippen MR) is 117 cm³/mol. The number of fused-ring (bicyclic) bond motifs is 4. The number of likely N-dealkylation sites (tertiary alicyclic amines) is 1. The number of H-pyrrole nitrogens is 1. The molecule has 1 saturated heterocycles. The van der Waals surface area contributed by atoms with Gasteiger partial charge in [-0.1, -0.05) is 6.07 Å². The molecular weight excluding hydrogens is 414 g/mol. The normalized spacial score (nSPS) is 22.1. The van der Waals surface area contributed by atoms with Crippen molar-refractivity contribution in [2.24, 2.45) is 11.7 Å². The zero-order valence-corrected chi connectivity index (χ0v) is 18.2. The summed E-state index contributed by atoms with van der Waals surface area (Å²) in [4.78, 5) is 51.2. The number of nitrogens with two attached hydrogens (primary N) is 1. The maximum atomic E-state index is 12.6. The molecule has 0 spiro atoms. The lowest BCUT2D eigenvalue weighted by Crippen LogP contribution is -2.55. The Bertz CT molecular complexity index is 1030. The van der Waals surface area contributed by atoms with Gasteiger partial charge in [0, 0.05) is 50.4 Å². The van der Waals surface area contributed by atoms with Crippen molar-refractivity contribution in [1.29, 1.82) is 0 Å². The minimum Gasteiger partial charge on any atom is -0.481 e. The molecule has 2 aliphatic heterocycles. The summed E-state index contributed by atoms with van der Waals surface area (Å²) in [5, 5.41) is 10.4. The molecule has 10 heteroatoms. The zero-order chi connectivity index (χ0) is 23.4. The van der Waals surface area contributed by atoms with Crippen molar-refractivity contribution in [3.8, 4) is 0 Å². The number of carboxylic acids is 1. The Morgan fingerprint density at radius 1 is 1.25 bits per heavy atom. The zero-order valence-electron chi connectivity index (χ0n) is 18.2. The summed E-state index contributed by atoms with van der Waals surface area (Å²) in [5.41, 5.74) is 7.14. The lowest BCUT2D eigenvalue weighted by molar-refractivity contribution is -0.135.